The van der Waals surface area contributed by atoms with Crippen LogP contribution in [0.2, 0.25) is 15.1 Å². The highest BCUT2D eigenvalue weighted by Crippen LogP contribution is 2.46. The Kier molecular flexibility index (Phi) is 7.68. The highest BCUT2D eigenvalue weighted by Gasteiger charge is 2.41. The summed E-state index contributed by atoms with van der Waals surface area (Å²) in [5.41, 5.74) is 2.61. The molecule has 0 saturated carbocycles. The van der Waals surface area contributed by atoms with Gasteiger partial charge in [-0.1, -0.05) is 53.0 Å². The number of benzene rings is 2. The van der Waals surface area contributed by atoms with Gasteiger partial charge in [0, 0.05) is 45.2 Å². The van der Waals surface area contributed by atoms with Crippen molar-refractivity contribution in [3.63, 3.8) is 0 Å². The summed E-state index contributed by atoms with van der Waals surface area (Å²) in [7, 11) is 1.85. The number of urea groups is 1. The number of hydrogen-bond acceptors (Lipinski definition) is 3. The lowest BCUT2D eigenvalue weighted by molar-refractivity contribution is 0.0740. The Morgan fingerprint density at radius 3 is 2.50 bits per heavy atom. The van der Waals surface area contributed by atoms with Crippen LogP contribution in [-0.2, 0) is 0 Å². The van der Waals surface area contributed by atoms with E-state index in [1.807, 2.05) is 47.2 Å². The van der Waals surface area contributed by atoms with Crippen molar-refractivity contribution in [2.24, 2.45) is 0 Å². The fourth-order valence-corrected chi connectivity index (χ4v) is 6.60. The Morgan fingerprint density at radius 1 is 1.00 bits per heavy atom. The number of hydrogen-bond donors (Lipinski definition) is 1. The summed E-state index contributed by atoms with van der Waals surface area (Å²) < 4.78 is 0. The zero-order valence-electron chi connectivity index (χ0n) is 20.4. The number of carbonyl (C=O) groups is 2. The first kappa shape index (κ1) is 25.7. The highest BCUT2D eigenvalue weighted by atomic mass is 35.5. The Labute approximate surface area is 227 Å². The van der Waals surface area contributed by atoms with Crippen molar-refractivity contribution in [2.75, 3.05) is 39.8 Å². The molecule has 0 bridgehead atoms. The summed E-state index contributed by atoms with van der Waals surface area (Å²) in [6.45, 7) is 4.41. The van der Waals surface area contributed by atoms with E-state index in [1.165, 1.54) is 0 Å². The Bertz CT molecular complexity index is 1150. The second-order valence-corrected chi connectivity index (χ2v) is 11.2. The quantitative estimate of drug-likeness (QED) is 0.493. The zero-order chi connectivity index (χ0) is 25.4. The number of amides is 3. The molecule has 36 heavy (non-hydrogen) atoms. The monoisotopic (exact) mass is 548 g/mol. The van der Waals surface area contributed by atoms with Crippen LogP contribution in [0.4, 0.5) is 4.79 Å². The zero-order valence-corrected chi connectivity index (χ0v) is 22.6. The molecule has 0 aliphatic carbocycles. The number of rotatable bonds is 6. The van der Waals surface area contributed by atoms with Crippen LogP contribution in [0.3, 0.4) is 0 Å². The Morgan fingerprint density at radius 2 is 1.78 bits per heavy atom. The van der Waals surface area contributed by atoms with Crippen molar-refractivity contribution in [3.8, 4) is 0 Å². The molecule has 3 heterocycles. The van der Waals surface area contributed by atoms with Gasteiger partial charge in [-0.3, -0.25) is 4.79 Å². The lowest BCUT2D eigenvalue weighted by Gasteiger charge is -2.40. The predicted molar refractivity (Wildman–Crippen MR) is 144 cm³/mol. The molecule has 192 valence electrons. The minimum Gasteiger partial charge on any atom is -0.338 e. The molecule has 1 N–H and O–H groups in total. The summed E-state index contributed by atoms with van der Waals surface area (Å²) in [6.07, 6.45) is 3.81. The van der Waals surface area contributed by atoms with Crippen LogP contribution < -0.4 is 5.32 Å². The molecule has 5 rings (SSSR count). The highest BCUT2D eigenvalue weighted by molar-refractivity contribution is 6.42. The summed E-state index contributed by atoms with van der Waals surface area (Å²) in [5, 5.41) is 4.49. The van der Waals surface area contributed by atoms with Gasteiger partial charge in [-0.2, -0.15) is 0 Å². The van der Waals surface area contributed by atoms with Crippen LogP contribution in [-0.4, -0.2) is 72.5 Å². The number of halogens is 3. The molecular formula is C27H31Cl3N4O2. The number of likely N-dealkylation sites (tertiary alicyclic amines) is 1. The fraction of sp³-hybridized carbons (Fsp3) is 0.481. The standard InChI is InChI=1S/C27H31Cl3N4O2/c1-32-25(20-4-2-5-22(29)24(20)26(32)35)19(17-6-7-21(28)23(30)16-17)10-15-33-13-8-18(9-14-33)34-12-3-11-31-27(34)36/h2,4-7,16,18-19,25H,3,8-15H2,1H3,(H,31,36). The number of piperidine rings is 1. The molecule has 0 radical (unpaired) electrons. The van der Waals surface area contributed by atoms with Crippen LogP contribution >= 0.6 is 34.8 Å². The average Bonchev–Trinajstić information content (AvgIpc) is 3.13. The number of fused-ring (bicyclic) bond motifs is 1. The Balaban J connectivity index is 1.34. The molecule has 2 aromatic carbocycles. The molecule has 6 nitrogen and oxygen atoms in total. The van der Waals surface area contributed by atoms with E-state index in [0.717, 1.165) is 69.5 Å². The van der Waals surface area contributed by atoms with Crippen LogP contribution in [0.15, 0.2) is 36.4 Å². The van der Waals surface area contributed by atoms with Gasteiger partial charge >= 0.3 is 6.03 Å². The van der Waals surface area contributed by atoms with Crippen molar-refractivity contribution in [1.82, 2.24) is 20.0 Å². The number of carbonyl (C=O) groups excluding carboxylic acids is 2. The van der Waals surface area contributed by atoms with Crippen molar-refractivity contribution in [2.45, 2.75) is 43.7 Å². The lowest BCUT2D eigenvalue weighted by Crippen LogP contribution is -2.54. The summed E-state index contributed by atoms with van der Waals surface area (Å²) in [4.78, 5) is 31.7. The van der Waals surface area contributed by atoms with Gasteiger partial charge in [0.1, 0.15) is 0 Å². The molecular weight excluding hydrogens is 519 g/mol. The van der Waals surface area contributed by atoms with Gasteiger partial charge in [-0.25, -0.2) is 4.79 Å². The van der Waals surface area contributed by atoms with Gasteiger partial charge in [-0.05, 0) is 61.6 Å². The fourth-order valence-electron chi connectivity index (χ4n) is 6.03. The molecule has 3 aliphatic rings. The number of likely N-dealkylation sites (N-methyl/N-ethyl adjacent to an activating group) is 1. The maximum absolute atomic E-state index is 13.2. The lowest BCUT2D eigenvalue weighted by atomic mass is 9.84. The maximum atomic E-state index is 13.2. The van der Waals surface area contributed by atoms with E-state index in [1.54, 1.807) is 6.07 Å². The van der Waals surface area contributed by atoms with E-state index in [0.29, 0.717) is 26.7 Å². The second-order valence-electron chi connectivity index (χ2n) is 9.99. The van der Waals surface area contributed by atoms with E-state index in [-0.39, 0.29) is 23.9 Å². The van der Waals surface area contributed by atoms with Gasteiger partial charge in [0.25, 0.3) is 5.91 Å². The van der Waals surface area contributed by atoms with E-state index in [4.69, 9.17) is 34.8 Å². The predicted octanol–water partition coefficient (Wildman–Crippen LogP) is 5.83. The first-order valence-electron chi connectivity index (χ1n) is 12.6. The molecule has 2 aromatic rings. The van der Waals surface area contributed by atoms with E-state index >= 15 is 0 Å². The van der Waals surface area contributed by atoms with Crippen molar-refractivity contribution < 1.29 is 9.59 Å². The van der Waals surface area contributed by atoms with E-state index in [2.05, 4.69) is 10.2 Å². The van der Waals surface area contributed by atoms with Crippen LogP contribution in [0, 0.1) is 0 Å². The molecule has 0 spiro atoms. The normalized spacial score (nSPS) is 22.1. The largest absolute Gasteiger partial charge is 0.338 e. The maximum Gasteiger partial charge on any atom is 0.317 e. The molecule has 0 aromatic heterocycles. The minimum atomic E-state index is -0.141. The van der Waals surface area contributed by atoms with Gasteiger partial charge in [0.05, 0.1) is 26.7 Å². The van der Waals surface area contributed by atoms with Crippen LogP contribution in [0.1, 0.15) is 59.1 Å². The molecule has 2 fully saturated rings. The Hall–Kier alpha value is -1.99. The number of nitrogens with zero attached hydrogens (tertiary/aromatic N) is 3. The molecule has 2 atom stereocenters. The summed E-state index contributed by atoms with van der Waals surface area (Å²) >= 11 is 19.1. The number of nitrogens with one attached hydrogen (secondary N) is 1. The molecule has 3 aliphatic heterocycles. The smallest absolute Gasteiger partial charge is 0.317 e. The molecule has 2 saturated heterocycles. The van der Waals surface area contributed by atoms with Crippen molar-refractivity contribution >= 4 is 46.7 Å². The molecule has 3 amide bonds. The van der Waals surface area contributed by atoms with Gasteiger partial charge < -0.3 is 20.0 Å². The molecule has 9 heteroatoms. The average molecular weight is 550 g/mol. The van der Waals surface area contributed by atoms with Crippen LogP contribution in [0.5, 0.6) is 0 Å². The van der Waals surface area contributed by atoms with Gasteiger partial charge in [-0.15, -0.1) is 0 Å². The van der Waals surface area contributed by atoms with Crippen LogP contribution in [0.25, 0.3) is 0 Å². The van der Waals surface area contributed by atoms with Crippen molar-refractivity contribution in [3.05, 3.63) is 68.2 Å². The van der Waals surface area contributed by atoms with Gasteiger partial charge in [0.2, 0.25) is 0 Å². The van der Waals surface area contributed by atoms with Gasteiger partial charge in [0.15, 0.2) is 0 Å². The first-order valence-corrected chi connectivity index (χ1v) is 13.8. The van der Waals surface area contributed by atoms with E-state index in [9.17, 15) is 9.59 Å². The third-order valence-electron chi connectivity index (χ3n) is 7.94. The molecule has 2 unspecified atom stereocenters. The third kappa shape index (κ3) is 4.93. The topological polar surface area (TPSA) is 55.9 Å². The first-order chi connectivity index (χ1) is 17.3. The van der Waals surface area contributed by atoms with Crippen molar-refractivity contribution in [1.29, 1.82) is 0 Å². The SMILES string of the molecule is CN1C(=O)c2c(Cl)cccc2C1C(CCN1CCC(N2CCCNC2=O)CC1)c1ccc(Cl)c(Cl)c1. The summed E-state index contributed by atoms with van der Waals surface area (Å²) in [5.74, 6) is -0.0229. The minimum absolute atomic E-state index is 0.0269. The summed E-state index contributed by atoms with van der Waals surface area (Å²) in [6, 6.07) is 11.7. The third-order valence-corrected chi connectivity index (χ3v) is 8.99. The second kappa shape index (κ2) is 10.8. The van der Waals surface area contributed by atoms with E-state index < -0.39 is 0 Å².